The Balaban J connectivity index is 5.53. The molecule has 0 atom stereocenters. The largest absolute Gasteiger partial charge is 0.464 e. The van der Waals surface area contributed by atoms with Crippen LogP contribution in [0.15, 0.2) is 16.5 Å². The summed E-state index contributed by atoms with van der Waals surface area (Å²) >= 11 is 0. The number of hydrogen-bond acceptors (Lipinski definition) is 5. The third-order valence-corrected chi connectivity index (χ3v) is 1.89. The number of nitrogens with one attached hydrogen (secondary N) is 1. The van der Waals surface area contributed by atoms with E-state index in [0.29, 0.717) is 12.2 Å². The Morgan fingerprint density at radius 2 is 1.94 bits per heavy atom. The summed E-state index contributed by atoms with van der Waals surface area (Å²) in [6.45, 7) is 0. The van der Waals surface area contributed by atoms with Gasteiger partial charge in [-0.1, -0.05) is 0 Å². The molecule has 0 aliphatic heterocycles. The number of nitrogens with zero attached hydrogens (tertiary/aromatic N) is 3. The first-order valence-electron chi connectivity index (χ1n) is 4.84. The standard InChI is InChI=1S/C10H18N4O3/c1-11-6-12-9(14(4)7-15)8(13(2)3)10(16)17-5/h6-7H,1-5H3,(H,11,12)/b9-8-. The van der Waals surface area contributed by atoms with Gasteiger partial charge in [-0.2, -0.15) is 0 Å². The fourth-order valence-corrected chi connectivity index (χ4v) is 1.10. The van der Waals surface area contributed by atoms with E-state index in [1.165, 1.54) is 25.4 Å². The van der Waals surface area contributed by atoms with E-state index in [9.17, 15) is 9.59 Å². The van der Waals surface area contributed by atoms with Crippen LogP contribution >= 0.6 is 0 Å². The third-order valence-electron chi connectivity index (χ3n) is 1.89. The van der Waals surface area contributed by atoms with E-state index in [1.807, 2.05) is 0 Å². The third kappa shape index (κ3) is 4.13. The average molecular weight is 242 g/mol. The molecule has 7 nitrogen and oxygen atoms in total. The average Bonchev–Trinajstić information content (AvgIpc) is 2.32. The lowest BCUT2D eigenvalue weighted by Gasteiger charge is -2.23. The van der Waals surface area contributed by atoms with Crippen LogP contribution in [0.3, 0.4) is 0 Å². The number of likely N-dealkylation sites (N-methyl/N-ethyl adjacent to an activating group) is 1. The lowest BCUT2D eigenvalue weighted by Crippen LogP contribution is -2.35. The Bertz CT molecular complexity index is 336. The molecule has 0 unspecified atom stereocenters. The fourth-order valence-electron chi connectivity index (χ4n) is 1.10. The lowest BCUT2D eigenvalue weighted by atomic mass is 10.3. The molecule has 0 rings (SSSR count). The predicted octanol–water partition coefficient (Wildman–Crippen LogP) is -0.774. The van der Waals surface area contributed by atoms with E-state index in [4.69, 9.17) is 0 Å². The molecule has 0 saturated heterocycles. The molecule has 7 heteroatoms. The van der Waals surface area contributed by atoms with Crippen LogP contribution in [0, 0.1) is 0 Å². The van der Waals surface area contributed by atoms with Crippen LogP contribution in [-0.4, -0.2) is 63.8 Å². The molecule has 0 aromatic rings. The molecule has 0 radical (unpaired) electrons. The number of esters is 1. The number of amides is 1. The van der Waals surface area contributed by atoms with Gasteiger partial charge in [0, 0.05) is 28.2 Å². The summed E-state index contributed by atoms with van der Waals surface area (Å²) in [6.07, 6.45) is 1.96. The molecule has 17 heavy (non-hydrogen) atoms. The SMILES string of the molecule is CN=CN/C(=C(\C(=O)OC)N(C)C)N(C)C=O. The van der Waals surface area contributed by atoms with Gasteiger partial charge in [0.2, 0.25) is 6.41 Å². The minimum Gasteiger partial charge on any atom is -0.464 e. The van der Waals surface area contributed by atoms with E-state index in [1.54, 1.807) is 26.0 Å². The van der Waals surface area contributed by atoms with Crippen LogP contribution in [-0.2, 0) is 14.3 Å². The van der Waals surface area contributed by atoms with Gasteiger partial charge in [-0.05, 0) is 0 Å². The quantitative estimate of drug-likeness (QED) is 0.217. The number of carbonyl (C=O) groups is 2. The van der Waals surface area contributed by atoms with Crippen molar-refractivity contribution in [3.8, 4) is 0 Å². The zero-order valence-electron chi connectivity index (χ0n) is 10.7. The molecule has 96 valence electrons. The Hall–Kier alpha value is -2.05. The second-order valence-electron chi connectivity index (χ2n) is 3.33. The summed E-state index contributed by atoms with van der Waals surface area (Å²) in [5.41, 5.74) is 0.224. The van der Waals surface area contributed by atoms with Crippen molar-refractivity contribution in [2.24, 2.45) is 4.99 Å². The van der Waals surface area contributed by atoms with Crippen molar-refractivity contribution in [3.05, 3.63) is 11.5 Å². The van der Waals surface area contributed by atoms with Crippen LogP contribution in [0.1, 0.15) is 0 Å². The molecule has 0 aromatic heterocycles. The van der Waals surface area contributed by atoms with Crippen molar-refractivity contribution in [1.82, 2.24) is 15.1 Å². The van der Waals surface area contributed by atoms with Gasteiger partial charge in [-0.25, -0.2) is 4.79 Å². The molecule has 0 spiro atoms. The Morgan fingerprint density at radius 3 is 2.29 bits per heavy atom. The molecule has 0 aromatic carbocycles. The van der Waals surface area contributed by atoms with Crippen LogP contribution < -0.4 is 5.32 Å². The normalized spacial score (nSPS) is 11.8. The summed E-state index contributed by atoms with van der Waals surface area (Å²) in [4.78, 5) is 28.9. The first-order chi connectivity index (χ1) is 7.99. The van der Waals surface area contributed by atoms with Crippen molar-refractivity contribution in [1.29, 1.82) is 0 Å². The highest BCUT2D eigenvalue weighted by atomic mass is 16.5. The van der Waals surface area contributed by atoms with Gasteiger partial charge < -0.3 is 19.9 Å². The zero-order chi connectivity index (χ0) is 13.4. The summed E-state index contributed by atoms with van der Waals surface area (Å²) in [5, 5.41) is 2.76. The molecule has 0 fully saturated rings. The Morgan fingerprint density at radius 1 is 1.35 bits per heavy atom. The van der Waals surface area contributed by atoms with Crippen LogP contribution in [0.25, 0.3) is 0 Å². The van der Waals surface area contributed by atoms with E-state index < -0.39 is 5.97 Å². The molecular weight excluding hydrogens is 224 g/mol. The monoisotopic (exact) mass is 242 g/mol. The number of aliphatic imine (C=N–C) groups is 1. The molecule has 0 aliphatic rings. The maximum Gasteiger partial charge on any atom is 0.358 e. The Labute approximate surface area is 101 Å². The van der Waals surface area contributed by atoms with E-state index in [-0.39, 0.29) is 5.70 Å². The maximum atomic E-state index is 11.6. The van der Waals surface area contributed by atoms with Crippen molar-refractivity contribution in [2.75, 3.05) is 35.3 Å². The van der Waals surface area contributed by atoms with Gasteiger partial charge in [-0.15, -0.1) is 0 Å². The lowest BCUT2D eigenvalue weighted by molar-refractivity contribution is -0.137. The smallest absolute Gasteiger partial charge is 0.358 e. The van der Waals surface area contributed by atoms with E-state index in [2.05, 4.69) is 15.0 Å². The van der Waals surface area contributed by atoms with Gasteiger partial charge in [0.1, 0.15) is 5.82 Å². The minimum absolute atomic E-state index is 0.224. The van der Waals surface area contributed by atoms with Crippen molar-refractivity contribution < 1.29 is 14.3 Å². The molecule has 1 amide bonds. The number of ether oxygens (including phenoxy) is 1. The van der Waals surface area contributed by atoms with Crippen molar-refractivity contribution in [3.63, 3.8) is 0 Å². The van der Waals surface area contributed by atoms with Gasteiger partial charge in [0.25, 0.3) is 0 Å². The summed E-state index contributed by atoms with van der Waals surface area (Å²) in [7, 11) is 7.72. The van der Waals surface area contributed by atoms with Crippen molar-refractivity contribution >= 4 is 18.7 Å². The second-order valence-corrected chi connectivity index (χ2v) is 3.33. The summed E-state index contributed by atoms with van der Waals surface area (Å²) in [5.74, 6) is -0.252. The first kappa shape index (κ1) is 14.9. The molecule has 0 heterocycles. The first-order valence-corrected chi connectivity index (χ1v) is 4.84. The number of methoxy groups -OCH3 is 1. The number of hydrogen-bond donors (Lipinski definition) is 1. The van der Waals surface area contributed by atoms with E-state index >= 15 is 0 Å². The predicted molar refractivity (Wildman–Crippen MR) is 64.1 cm³/mol. The maximum absolute atomic E-state index is 11.6. The van der Waals surface area contributed by atoms with Gasteiger partial charge in [0.15, 0.2) is 5.70 Å². The molecule has 0 aliphatic carbocycles. The van der Waals surface area contributed by atoms with Gasteiger partial charge in [-0.3, -0.25) is 9.79 Å². The molecule has 0 bridgehead atoms. The zero-order valence-corrected chi connectivity index (χ0v) is 10.7. The topological polar surface area (TPSA) is 74.2 Å². The molecule has 0 saturated carbocycles. The fraction of sp³-hybridized carbons (Fsp3) is 0.500. The van der Waals surface area contributed by atoms with Gasteiger partial charge in [0.05, 0.1) is 13.4 Å². The highest BCUT2D eigenvalue weighted by Gasteiger charge is 2.20. The molecule has 1 N–H and O–H groups in total. The van der Waals surface area contributed by atoms with Crippen LogP contribution in [0.5, 0.6) is 0 Å². The molecular formula is C10H18N4O3. The van der Waals surface area contributed by atoms with Crippen LogP contribution in [0.4, 0.5) is 0 Å². The van der Waals surface area contributed by atoms with Gasteiger partial charge >= 0.3 is 5.97 Å². The van der Waals surface area contributed by atoms with Crippen LogP contribution in [0.2, 0.25) is 0 Å². The van der Waals surface area contributed by atoms with E-state index in [0.717, 1.165) is 0 Å². The number of rotatable bonds is 6. The Kier molecular flexibility index (Phi) is 6.39. The van der Waals surface area contributed by atoms with Crippen molar-refractivity contribution in [2.45, 2.75) is 0 Å². The summed E-state index contributed by atoms with van der Waals surface area (Å²) < 4.78 is 4.66. The second kappa shape index (κ2) is 7.26. The highest BCUT2D eigenvalue weighted by molar-refractivity contribution is 5.89. The summed E-state index contributed by atoms with van der Waals surface area (Å²) in [6, 6.07) is 0. The number of carbonyl (C=O) groups excluding carboxylic acids is 2. The highest BCUT2D eigenvalue weighted by Crippen LogP contribution is 2.08. The minimum atomic E-state index is -0.546.